The number of rotatable bonds is 3. The Balaban J connectivity index is 2.35. The number of halogens is 2. The van der Waals surface area contributed by atoms with Crippen LogP contribution in [0.4, 0.5) is 8.78 Å². The maximum absolute atomic E-state index is 13.5. The van der Waals surface area contributed by atoms with Crippen molar-refractivity contribution in [3.63, 3.8) is 0 Å². The molecule has 0 saturated heterocycles. The van der Waals surface area contributed by atoms with Crippen molar-refractivity contribution in [3.05, 3.63) is 53.6 Å². The molecule has 88 valence electrons. The van der Waals surface area contributed by atoms with Crippen LogP contribution >= 0.6 is 12.2 Å². The summed E-state index contributed by atoms with van der Waals surface area (Å²) in [4.78, 5) is 4.06. The van der Waals surface area contributed by atoms with Crippen LogP contribution in [0.15, 0.2) is 30.6 Å². The standard InChI is InChI=1S/C11H9F2N3S/c12-8-3-1-2-7(9(8)13)6-16-5-4-15-11(16)10(14)17/h1-5H,6H2,(H2,14,17). The summed E-state index contributed by atoms with van der Waals surface area (Å²) in [5.41, 5.74) is 5.68. The quantitative estimate of drug-likeness (QED) is 0.849. The summed E-state index contributed by atoms with van der Waals surface area (Å²) in [6, 6.07) is 4.02. The molecular formula is C11H9F2N3S. The molecule has 0 aliphatic rings. The van der Waals surface area contributed by atoms with Gasteiger partial charge in [-0.1, -0.05) is 24.4 Å². The monoisotopic (exact) mass is 253 g/mol. The average molecular weight is 253 g/mol. The van der Waals surface area contributed by atoms with E-state index in [0.29, 0.717) is 5.82 Å². The van der Waals surface area contributed by atoms with Crippen LogP contribution in [-0.2, 0) is 6.54 Å². The first-order chi connectivity index (χ1) is 8.09. The molecule has 17 heavy (non-hydrogen) atoms. The largest absolute Gasteiger partial charge is 0.387 e. The third-order valence-electron chi connectivity index (χ3n) is 2.31. The van der Waals surface area contributed by atoms with Crippen molar-refractivity contribution in [2.45, 2.75) is 6.54 Å². The molecule has 0 spiro atoms. The number of hydrogen-bond acceptors (Lipinski definition) is 2. The minimum absolute atomic E-state index is 0.117. The van der Waals surface area contributed by atoms with E-state index in [2.05, 4.69) is 4.98 Å². The molecule has 0 aliphatic carbocycles. The van der Waals surface area contributed by atoms with Gasteiger partial charge in [-0.15, -0.1) is 0 Å². The van der Waals surface area contributed by atoms with Crippen molar-refractivity contribution in [2.24, 2.45) is 5.73 Å². The molecule has 2 rings (SSSR count). The third kappa shape index (κ3) is 2.31. The molecule has 1 heterocycles. The van der Waals surface area contributed by atoms with Gasteiger partial charge >= 0.3 is 0 Å². The highest BCUT2D eigenvalue weighted by molar-refractivity contribution is 7.80. The van der Waals surface area contributed by atoms with Crippen LogP contribution < -0.4 is 5.73 Å². The second-order valence-corrected chi connectivity index (χ2v) is 3.90. The Labute approximate surface area is 102 Å². The van der Waals surface area contributed by atoms with Crippen LogP contribution in [0.25, 0.3) is 0 Å². The molecule has 1 aromatic heterocycles. The van der Waals surface area contributed by atoms with Crippen LogP contribution in [0, 0.1) is 11.6 Å². The van der Waals surface area contributed by atoms with Crippen LogP contribution in [-0.4, -0.2) is 14.5 Å². The van der Waals surface area contributed by atoms with Gasteiger partial charge in [-0.05, 0) is 6.07 Å². The van der Waals surface area contributed by atoms with E-state index in [-0.39, 0.29) is 17.1 Å². The van der Waals surface area contributed by atoms with E-state index in [1.807, 2.05) is 0 Å². The molecule has 3 nitrogen and oxygen atoms in total. The van der Waals surface area contributed by atoms with Crippen molar-refractivity contribution >= 4 is 17.2 Å². The van der Waals surface area contributed by atoms with Crippen molar-refractivity contribution in [2.75, 3.05) is 0 Å². The summed E-state index contributed by atoms with van der Waals surface area (Å²) in [5, 5.41) is 0. The van der Waals surface area contributed by atoms with Gasteiger partial charge in [0.1, 0.15) is 4.99 Å². The van der Waals surface area contributed by atoms with Crippen LogP contribution in [0.5, 0.6) is 0 Å². The summed E-state index contributed by atoms with van der Waals surface area (Å²) >= 11 is 4.80. The van der Waals surface area contributed by atoms with Gasteiger partial charge in [0.2, 0.25) is 0 Å². The van der Waals surface area contributed by atoms with Gasteiger partial charge in [0.15, 0.2) is 17.5 Å². The second-order valence-electron chi connectivity index (χ2n) is 3.46. The molecule has 0 atom stereocenters. The topological polar surface area (TPSA) is 43.8 Å². The average Bonchev–Trinajstić information content (AvgIpc) is 2.73. The zero-order chi connectivity index (χ0) is 12.4. The number of benzene rings is 1. The van der Waals surface area contributed by atoms with Crippen molar-refractivity contribution in [1.29, 1.82) is 0 Å². The fourth-order valence-electron chi connectivity index (χ4n) is 1.52. The summed E-state index contributed by atoms with van der Waals surface area (Å²) in [5.74, 6) is -1.36. The number of nitrogens with zero attached hydrogens (tertiary/aromatic N) is 2. The Morgan fingerprint density at radius 1 is 1.41 bits per heavy atom. The Morgan fingerprint density at radius 2 is 2.18 bits per heavy atom. The Hall–Kier alpha value is -1.82. The van der Waals surface area contributed by atoms with Gasteiger partial charge in [-0.25, -0.2) is 13.8 Å². The molecule has 1 aromatic carbocycles. The molecule has 0 unspecified atom stereocenters. The SMILES string of the molecule is NC(=S)c1nccn1Cc1cccc(F)c1F. The van der Waals surface area contributed by atoms with E-state index in [9.17, 15) is 8.78 Å². The zero-order valence-corrected chi connectivity index (χ0v) is 9.55. The van der Waals surface area contributed by atoms with E-state index in [1.54, 1.807) is 10.8 Å². The smallest absolute Gasteiger partial charge is 0.167 e. The van der Waals surface area contributed by atoms with Crippen molar-refractivity contribution in [3.8, 4) is 0 Å². The van der Waals surface area contributed by atoms with Gasteiger partial charge in [-0.3, -0.25) is 0 Å². The lowest BCUT2D eigenvalue weighted by Crippen LogP contribution is -2.17. The third-order valence-corrected chi connectivity index (χ3v) is 2.49. The van der Waals surface area contributed by atoms with Gasteiger partial charge in [-0.2, -0.15) is 0 Å². The van der Waals surface area contributed by atoms with E-state index >= 15 is 0 Å². The number of thiocarbonyl (C=S) groups is 1. The van der Waals surface area contributed by atoms with Gasteiger partial charge < -0.3 is 10.3 Å². The highest BCUT2D eigenvalue weighted by Gasteiger charge is 2.11. The summed E-state index contributed by atoms with van der Waals surface area (Å²) in [7, 11) is 0. The number of imidazole rings is 1. The molecule has 0 saturated carbocycles. The lowest BCUT2D eigenvalue weighted by molar-refractivity contribution is 0.495. The first-order valence-corrected chi connectivity index (χ1v) is 5.24. The minimum Gasteiger partial charge on any atom is -0.387 e. The highest BCUT2D eigenvalue weighted by Crippen LogP contribution is 2.13. The first kappa shape index (κ1) is 11.7. The number of aromatic nitrogens is 2. The van der Waals surface area contributed by atoms with Gasteiger partial charge in [0.25, 0.3) is 0 Å². The molecule has 0 fully saturated rings. The number of hydrogen-bond donors (Lipinski definition) is 1. The maximum Gasteiger partial charge on any atom is 0.167 e. The minimum atomic E-state index is -0.875. The highest BCUT2D eigenvalue weighted by atomic mass is 32.1. The predicted octanol–water partition coefficient (Wildman–Crippen LogP) is 1.84. The molecular weight excluding hydrogens is 244 g/mol. The molecule has 2 aromatic rings. The number of nitrogens with two attached hydrogens (primary N) is 1. The van der Waals surface area contributed by atoms with Gasteiger partial charge in [0, 0.05) is 18.0 Å². The van der Waals surface area contributed by atoms with Crippen molar-refractivity contribution in [1.82, 2.24) is 9.55 Å². The molecule has 0 bridgehead atoms. The maximum atomic E-state index is 13.5. The Bertz CT molecular complexity index is 566. The summed E-state index contributed by atoms with van der Waals surface area (Å²) in [6.07, 6.45) is 3.12. The fraction of sp³-hybridized carbons (Fsp3) is 0.0909. The normalized spacial score (nSPS) is 10.5. The van der Waals surface area contributed by atoms with Gasteiger partial charge in [0.05, 0.1) is 6.54 Å². The zero-order valence-electron chi connectivity index (χ0n) is 8.73. The molecule has 0 aliphatic heterocycles. The molecule has 0 amide bonds. The Morgan fingerprint density at radius 3 is 2.88 bits per heavy atom. The first-order valence-electron chi connectivity index (χ1n) is 4.83. The molecule has 6 heteroatoms. The second kappa shape index (κ2) is 4.58. The fourth-order valence-corrected chi connectivity index (χ4v) is 1.69. The van der Waals surface area contributed by atoms with E-state index in [4.69, 9.17) is 18.0 Å². The lowest BCUT2D eigenvalue weighted by Gasteiger charge is -2.07. The van der Waals surface area contributed by atoms with Crippen LogP contribution in [0.3, 0.4) is 0 Å². The van der Waals surface area contributed by atoms with E-state index in [1.165, 1.54) is 18.3 Å². The molecule has 2 N–H and O–H groups in total. The van der Waals surface area contributed by atoms with Crippen molar-refractivity contribution < 1.29 is 8.78 Å². The van der Waals surface area contributed by atoms with E-state index in [0.717, 1.165) is 6.07 Å². The van der Waals surface area contributed by atoms with Crippen LogP contribution in [0.1, 0.15) is 11.4 Å². The predicted molar refractivity (Wildman–Crippen MR) is 63.6 cm³/mol. The summed E-state index contributed by atoms with van der Waals surface area (Å²) < 4.78 is 28.0. The van der Waals surface area contributed by atoms with Crippen LogP contribution in [0.2, 0.25) is 0 Å². The van der Waals surface area contributed by atoms with E-state index < -0.39 is 11.6 Å². The Kier molecular flexibility index (Phi) is 3.14. The molecule has 0 radical (unpaired) electrons. The summed E-state index contributed by atoms with van der Waals surface area (Å²) in [6.45, 7) is 0.135. The lowest BCUT2D eigenvalue weighted by atomic mass is 10.2.